The number of methoxy groups -OCH3 is 2. The van der Waals surface area contributed by atoms with Gasteiger partial charge in [-0.1, -0.05) is 18.9 Å². The Labute approximate surface area is 175 Å². The van der Waals surface area contributed by atoms with Gasteiger partial charge in [-0.15, -0.1) is 0 Å². The zero-order chi connectivity index (χ0) is 21.3. The van der Waals surface area contributed by atoms with E-state index in [1.165, 1.54) is 12.0 Å². The van der Waals surface area contributed by atoms with Gasteiger partial charge in [0, 0.05) is 11.6 Å². The summed E-state index contributed by atoms with van der Waals surface area (Å²) in [5.74, 6) is -0.0539. The molecule has 1 saturated heterocycles. The van der Waals surface area contributed by atoms with Gasteiger partial charge in [-0.25, -0.2) is 0 Å². The first kappa shape index (κ1) is 19.9. The Kier molecular flexibility index (Phi) is 5.44. The number of nitrogens with zero attached hydrogens (tertiary/aromatic N) is 1. The Morgan fingerprint density at radius 3 is 2.30 bits per heavy atom. The van der Waals surface area contributed by atoms with Crippen LogP contribution in [0.25, 0.3) is 0 Å². The number of carbonyl (C=O) groups is 3. The maximum Gasteiger partial charge on any atom is 0.255 e. The molecule has 7 heteroatoms. The second-order valence-electron chi connectivity index (χ2n) is 7.58. The summed E-state index contributed by atoms with van der Waals surface area (Å²) in [5.41, 5.74) is 1.28. The number of hydrogen-bond donors (Lipinski definition) is 1. The third-order valence-corrected chi connectivity index (χ3v) is 5.86. The van der Waals surface area contributed by atoms with Crippen LogP contribution in [0.1, 0.15) is 36.0 Å². The minimum Gasteiger partial charge on any atom is -0.497 e. The topological polar surface area (TPSA) is 84.9 Å². The number of anilines is 2. The van der Waals surface area contributed by atoms with Gasteiger partial charge in [0.25, 0.3) is 5.91 Å². The quantitative estimate of drug-likeness (QED) is 0.764. The fourth-order valence-electron chi connectivity index (χ4n) is 4.30. The number of amides is 3. The van der Waals surface area contributed by atoms with Crippen molar-refractivity contribution in [3.05, 3.63) is 48.0 Å². The molecule has 2 aromatic carbocycles. The van der Waals surface area contributed by atoms with Crippen LogP contribution in [-0.2, 0) is 9.59 Å². The summed E-state index contributed by atoms with van der Waals surface area (Å²) < 4.78 is 10.5. The van der Waals surface area contributed by atoms with E-state index in [0.717, 1.165) is 25.7 Å². The van der Waals surface area contributed by atoms with Crippen molar-refractivity contribution in [1.82, 2.24) is 0 Å². The SMILES string of the molecule is COc1ccc(NC(=O)c2cccc(N3C(=O)C4CCCCC4C3=O)c2)c(OC)c1. The molecule has 30 heavy (non-hydrogen) atoms. The minimum atomic E-state index is -0.364. The van der Waals surface area contributed by atoms with Gasteiger partial charge in [-0.2, -0.15) is 0 Å². The molecule has 0 bridgehead atoms. The molecule has 1 saturated carbocycles. The van der Waals surface area contributed by atoms with E-state index in [4.69, 9.17) is 9.47 Å². The lowest BCUT2D eigenvalue weighted by Gasteiger charge is -2.19. The first-order valence-electron chi connectivity index (χ1n) is 10.0. The zero-order valence-electron chi connectivity index (χ0n) is 17.0. The highest BCUT2D eigenvalue weighted by Gasteiger charge is 2.48. The van der Waals surface area contributed by atoms with E-state index in [1.807, 2.05) is 0 Å². The molecule has 1 heterocycles. The van der Waals surface area contributed by atoms with E-state index >= 15 is 0 Å². The number of ether oxygens (including phenoxy) is 2. The van der Waals surface area contributed by atoms with Crippen molar-refractivity contribution in [1.29, 1.82) is 0 Å². The van der Waals surface area contributed by atoms with Crippen LogP contribution in [0.5, 0.6) is 11.5 Å². The van der Waals surface area contributed by atoms with Gasteiger partial charge < -0.3 is 14.8 Å². The summed E-state index contributed by atoms with van der Waals surface area (Å²) in [6.45, 7) is 0. The van der Waals surface area contributed by atoms with Gasteiger partial charge in [0.2, 0.25) is 11.8 Å². The largest absolute Gasteiger partial charge is 0.497 e. The summed E-state index contributed by atoms with van der Waals surface area (Å²) in [6, 6.07) is 11.7. The van der Waals surface area contributed by atoms with Crippen LogP contribution in [0.3, 0.4) is 0 Å². The molecular formula is C23H24N2O5. The van der Waals surface area contributed by atoms with Crippen molar-refractivity contribution in [2.75, 3.05) is 24.4 Å². The molecule has 3 amide bonds. The molecule has 0 spiro atoms. The number of rotatable bonds is 5. The van der Waals surface area contributed by atoms with Crippen LogP contribution >= 0.6 is 0 Å². The molecule has 2 aliphatic rings. The predicted octanol–water partition coefficient (Wildman–Crippen LogP) is 3.64. The van der Waals surface area contributed by atoms with Crippen LogP contribution in [0.2, 0.25) is 0 Å². The second kappa shape index (κ2) is 8.18. The highest BCUT2D eigenvalue weighted by atomic mass is 16.5. The van der Waals surface area contributed by atoms with Crippen molar-refractivity contribution in [3.63, 3.8) is 0 Å². The molecule has 1 aliphatic carbocycles. The van der Waals surface area contributed by atoms with E-state index in [1.54, 1.807) is 49.6 Å². The van der Waals surface area contributed by atoms with Crippen molar-refractivity contribution in [3.8, 4) is 11.5 Å². The molecule has 1 aliphatic heterocycles. The smallest absolute Gasteiger partial charge is 0.255 e. The number of benzene rings is 2. The highest BCUT2D eigenvalue weighted by molar-refractivity contribution is 6.22. The Morgan fingerprint density at radius 1 is 0.967 bits per heavy atom. The normalized spacial score (nSPS) is 20.7. The van der Waals surface area contributed by atoms with E-state index in [0.29, 0.717) is 28.4 Å². The summed E-state index contributed by atoms with van der Waals surface area (Å²) in [5, 5.41) is 2.81. The Hall–Kier alpha value is -3.35. The molecule has 156 valence electrons. The van der Waals surface area contributed by atoms with Gasteiger partial charge >= 0.3 is 0 Å². The van der Waals surface area contributed by atoms with Crippen molar-refractivity contribution in [2.45, 2.75) is 25.7 Å². The minimum absolute atomic E-state index is 0.154. The average Bonchev–Trinajstić information content (AvgIpc) is 3.04. The Balaban J connectivity index is 1.57. The van der Waals surface area contributed by atoms with Crippen molar-refractivity contribution < 1.29 is 23.9 Å². The van der Waals surface area contributed by atoms with Crippen LogP contribution in [0.15, 0.2) is 42.5 Å². The summed E-state index contributed by atoms with van der Waals surface area (Å²) in [4.78, 5) is 39.8. The predicted molar refractivity (Wildman–Crippen MR) is 112 cm³/mol. The van der Waals surface area contributed by atoms with Gasteiger partial charge in [0.15, 0.2) is 0 Å². The fourth-order valence-corrected chi connectivity index (χ4v) is 4.30. The molecule has 0 radical (unpaired) electrons. The van der Waals surface area contributed by atoms with Crippen LogP contribution in [0.4, 0.5) is 11.4 Å². The summed E-state index contributed by atoms with van der Waals surface area (Å²) in [6.07, 6.45) is 3.45. The maximum atomic E-state index is 12.8. The van der Waals surface area contributed by atoms with E-state index < -0.39 is 0 Å². The molecular weight excluding hydrogens is 384 g/mol. The summed E-state index contributed by atoms with van der Waals surface area (Å²) >= 11 is 0. The van der Waals surface area contributed by atoms with Gasteiger partial charge in [-0.05, 0) is 43.2 Å². The molecule has 2 aromatic rings. The van der Waals surface area contributed by atoms with Gasteiger partial charge in [0.1, 0.15) is 11.5 Å². The zero-order valence-corrected chi connectivity index (χ0v) is 17.0. The van der Waals surface area contributed by atoms with Crippen LogP contribution < -0.4 is 19.7 Å². The lowest BCUT2D eigenvalue weighted by Crippen LogP contribution is -2.31. The standard InChI is InChI=1S/C23H24N2O5/c1-29-16-10-11-19(20(13-16)30-2)24-21(26)14-6-5-7-15(12-14)25-22(27)17-8-3-4-9-18(17)23(25)28/h5-7,10-13,17-18H,3-4,8-9H2,1-2H3,(H,24,26). The average molecular weight is 408 g/mol. The molecule has 2 atom stereocenters. The first-order valence-corrected chi connectivity index (χ1v) is 10.0. The second-order valence-corrected chi connectivity index (χ2v) is 7.58. The van der Waals surface area contributed by atoms with Crippen LogP contribution in [0, 0.1) is 11.8 Å². The van der Waals surface area contributed by atoms with Gasteiger partial charge in [-0.3, -0.25) is 19.3 Å². The van der Waals surface area contributed by atoms with Crippen LogP contribution in [-0.4, -0.2) is 31.9 Å². The van der Waals surface area contributed by atoms with E-state index in [2.05, 4.69) is 5.32 Å². The molecule has 2 unspecified atom stereocenters. The number of carbonyl (C=O) groups excluding carboxylic acids is 3. The van der Waals surface area contributed by atoms with E-state index in [-0.39, 0.29) is 29.6 Å². The number of imide groups is 1. The summed E-state index contributed by atoms with van der Waals surface area (Å²) in [7, 11) is 3.06. The number of hydrogen-bond acceptors (Lipinski definition) is 5. The Bertz CT molecular complexity index is 979. The third kappa shape index (κ3) is 3.51. The molecule has 7 nitrogen and oxygen atoms in total. The lowest BCUT2D eigenvalue weighted by atomic mass is 9.81. The number of nitrogens with one attached hydrogen (secondary N) is 1. The highest BCUT2D eigenvalue weighted by Crippen LogP contribution is 2.40. The van der Waals surface area contributed by atoms with Crippen molar-refractivity contribution >= 4 is 29.1 Å². The maximum absolute atomic E-state index is 12.8. The lowest BCUT2D eigenvalue weighted by molar-refractivity contribution is -0.122. The van der Waals surface area contributed by atoms with Gasteiger partial charge in [0.05, 0.1) is 37.4 Å². The molecule has 2 fully saturated rings. The fraction of sp³-hybridized carbons (Fsp3) is 0.348. The van der Waals surface area contributed by atoms with Crippen molar-refractivity contribution in [2.24, 2.45) is 11.8 Å². The monoisotopic (exact) mass is 408 g/mol. The molecule has 1 N–H and O–H groups in total. The molecule has 0 aromatic heterocycles. The number of fused-ring (bicyclic) bond motifs is 1. The molecule has 4 rings (SSSR count). The first-order chi connectivity index (χ1) is 14.5. The Morgan fingerprint density at radius 2 is 1.67 bits per heavy atom. The third-order valence-electron chi connectivity index (χ3n) is 5.86. The van der Waals surface area contributed by atoms with E-state index in [9.17, 15) is 14.4 Å².